The van der Waals surface area contributed by atoms with E-state index in [-0.39, 0.29) is 0 Å². The van der Waals surface area contributed by atoms with Gasteiger partial charge in [-0.3, -0.25) is 4.90 Å². The van der Waals surface area contributed by atoms with Gasteiger partial charge in [-0.05, 0) is 62.9 Å². The molecule has 0 saturated carbocycles. The standard InChI is InChI=1S/C27H33N3O/c1-2-24-9-6-16-30(24)26-11-10-22(25(28-26)19-21-7-4-3-5-8-21)12-15-27(31)20-29-17-13-23(27)14-18-29/h3-5,7-8,10-11,23-24,31H,2,6,9,13-14,16-20H2,1H3/t24-,27?/m0/s1. The first kappa shape index (κ1) is 20.5. The molecular formula is C27H33N3O. The van der Waals surface area contributed by atoms with Crippen LogP contribution in [0.25, 0.3) is 0 Å². The van der Waals surface area contributed by atoms with E-state index in [1.165, 1.54) is 18.4 Å². The molecule has 0 spiro atoms. The minimum absolute atomic E-state index is 0.296. The summed E-state index contributed by atoms with van der Waals surface area (Å²) in [5, 5.41) is 11.3. The molecule has 4 aliphatic rings. The minimum atomic E-state index is -0.887. The van der Waals surface area contributed by atoms with Crippen LogP contribution in [-0.2, 0) is 6.42 Å². The number of hydrogen-bond acceptors (Lipinski definition) is 4. The summed E-state index contributed by atoms with van der Waals surface area (Å²) in [6.07, 6.45) is 6.50. The summed E-state index contributed by atoms with van der Waals surface area (Å²) in [5.74, 6) is 8.02. The number of fused-ring (bicyclic) bond motifs is 3. The summed E-state index contributed by atoms with van der Waals surface area (Å²) in [5.41, 5.74) is 2.32. The van der Waals surface area contributed by atoms with E-state index < -0.39 is 5.60 Å². The number of aliphatic hydroxyl groups is 1. The van der Waals surface area contributed by atoms with Crippen molar-refractivity contribution in [3.05, 3.63) is 59.3 Å². The van der Waals surface area contributed by atoms with Crippen molar-refractivity contribution in [2.75, 3.05) is 31.1 Å². The van der Waals surface area contributed by atoms with Gasteiger partial charge in [0.05, 0.1) is 5.69 Å². The van der Waals surface area contributed by atoms with Crippen LogP contribution in [0.4, 0.5) is 5.82 Å². The zero-order valence-corrected chi connectivity index (χ0v) is 18.6. The van der Waals surface area contributed by atoms with Crippen LogP contribution in [0.15, 0.2) is 42.5 Å². The first-order valence-electron chi connectivity index (χ1n) is 11.9. The van der Waals surface area contributed by atoms with Crippen LogP contribution in [-0.4, -0.2) is 52.8 Å². The molecule has 0 aliphatic carbocycles. The van der Waals surface area contributed by atoms with Crippen molar-refractivity contribution in [1.29, 1.82) is 0 Å². The second-order valence-corrected chi connectivity index (χ2v) is 9.45. The lowest BCUT2D eigenvalue weighted by Gasteiger charge is -2.47. The zero-order chi connectivity index (χ0) is 21.3. The highest BCUT2D eigenvalue weighted by atomic mass is 16.3. The highest BCUT2D eigenvalue weighted by molar-refractivity contribution is 5.50. The molecule has 1 aromatic carbocycles. The third kappa shape index (κ3) is 4.22. The van der Waals surface area contributed by atoms with Crippen LogP contribution in [0.3, 0.4) is 0 Å². The van der Waals surface area contributed by atoms with Gasteiger partial charge in [0, 0.05) is 37.0 Å². The van der Waals surface area contributed by atoms with Crippen molar-refractivity contribution in [1.82, 2.24) is 9.88 Å². The molecule has 4 fully saturated rings. The second-order valence-electron chi connectivity index (χ2n) is 9.45. The number of nitrogens with zero attached hydrogens (tertiary/aromatic N) is 3. The van der Waals surface area contributed by atoms with Crippen LogP contribution in [0.1, 0.15) is 55.8 Å². The highest BCUT2D eigenvalue weighted by Crippen LogP contribution is 2.35. The van der Waals surface area contributed by atoms with Gasteiger partial charge in [-0.25, -0.2) is 4.98 Å². The van der Waals surface area contributed by atoms with Crippen molar-refractivity contribution in [3.8, 4) is 11.8 Å². The van der Waals surface area contributed by atoms with E-state index in [1.54, 1.807) is 0 Å². The van der Waals surface area contributed by atoms with Crippen molar-refractivity contribution in [2.24, 2.45) is 5.92 Å². The van der Waals surface area contributed by atoms with Crippen LogP contribution < -0.4 is 4.90 Å². The summed E-state index contributed by atoms with van der Waals surface area (Å²) in [4.78, 5) is 9.93. The minimum Gasteiger partial charge on any atom is -0.376 e. The largest absolute Gasteiger partial charge is 0.376 e. The topological polar surface area (TPSA) is 39.6 Å². The highest BCUT2D eigenvalue weighted by Gasteiger charge is 2.44. The van der Waals surface area contributed by atoms with Gasteiger partial charge in [0.15, 0.2) is 0 Å². The predicted octanol–water partition coefficient (Wildman–Crippen LogP) is 3.86. The molecular weight excluding hydrogens is 382 g/mol. The Morgan fingerprint density at radius 2 is 1.87 bits per heavy atom. The molecule has 0 amide bonds. The summed E-state index contributed by atoms with van der Waals surface area (Å²) >= 11 is 0. The fraction of sp³-hybridized carbons (Fsp3) is 0.519. The fourth-order valence-corrected chi connectivity index (χ4v) is 5.61. The van der Waals surface area contributed by atoms with E-state index in [0.717, 1.165) is 62.4 Å². The van der Waals surface area contributed by atoms with E-state index in [2.05, 4.69) is 65.0 Å². The maximum atomic E-state index is 11.3. The number of pyridine rings is 1. The maximum absolute atomic E-state index is 11.3. The van der Waals surface area contributed by atoms with E-state index in [4.69, 9.17) is 4.98 Å². The molecule has 2 aromatic rings. The summed E-state index contributed by atoms with van der Waals surface area (Å²) < 4.78 is 0. The van der Waals surface area contributed by atoms with Gasteiger partial charge in [0.2, 0.25) is 0 Å². The third-order valence-corrected chi connectivity index (χ3v) is 7.46. The van der Waals surface area contributed by atoms with Gasteiger partial charge < -0.3 is 10.0 Å². The lowest BCUT2D eigenvalue weighted by molar-refractivity contribution is -0.0713. The summed E-state index contributed by atoms with van der Waals surface area (Å²) in [6.45, 7) is 6.22. The molecule has 162 valence electrons. The second kappa shape index (κ2) is 8.65. The number of aromatic nitrogens is 1. The van der Waals surface area contributed by atoms with Crippen molar-refractivity contribution >= 4 is 5.82 Å². The Hall–Kier alpha value is -2.35. The number of benzene rings is 1. The average Bonchev–Trinajstić information content (AvgIpc) is 3.28. The number of anilines is 1. The average molecular weight is 416 g/mol. The van der Waals surface area contributed by atoms with Gasteiger partial charge in [-0.1, -0.05) is 49.1 Å². The SMILES string of the molecule is CC[C@H]1CCCN1c1ccc(C#CC2(O)CN3CCC2CC3)c(Cc2ccccc2)n1. The van der Waals surface area contributed by atoms with Gasteiger partial charge in [-0.2, -0.15) is 0 Å². The fourth-order valence-electron chi connectivity index (χ4n) is 5.61. The Labute approximate surface area is 186 Å². The molecule has 4 saturated heterocycles. The zero-order valence-electron chi connectivity index (χ0n) is 18.6. The van der Waals surface area contributed by atoms with Crippen LogP contribution in [0.2, 0.25) is 0 Å². The molecule has 31 heavy (non-hydrogen) atoms. The van der Waals surface area contributed by atoms with E-state index in [9.17, 15) is 5.11 Å². The van der Waals surface area contributed by atoms with Crippen LogP contribution in [0, 0.1) is 17.8 Å². The molecule has 1 N–H and O–H groups in total. The molecule has 6 rings (SSSR count). The molecule has 2 atom stereocenters. The van der Waals surface area contributed by atoms with Crippen molar-refractivity contribution in [3.63, 3.8) is 0 Å². The predicted molar refractivity (Wildman–Crippen MR) is 125 cm³/mol. The van der Waals surface area contributed by atoms with Crippen molar-refractivity contribution in [2.45, 2.75) is 57.1 Å². The van der Waals surface area contributed by atoms with E-state index >= 15 is 0 Å². The lowest BCUT2D eigenvalue weighted by atomic mass is 9.75. The molecule has 4 heteroatoms. The van der Waals surface area contributed by atoms with E-state index in [0.29, 0.717) is 18.5 Å². The summed E-state index contributed by atoms with van der Waals surface area (Å²) in [6, 6.07) is 15.3. The van der Waals surface area contributed by atoms with Gasteiger partial charge in [0.25, 0.3) is 0 Å². The Kier molecular flexibility index (Phi) is 5.73. The van der Waals surface area contributed by atoms with Crippen LogP contribution in [0.5, 0.6) is 0 Å². The van der Waals surface area contributed by atoms with Gasteiger partial charge in [0.1, 0.15) is 11.4 Å². The molecule has 0 radical (unpaired) electrons. The van der Waals surface area contributed by atoms with Crippen molar-refractivity contribution < 1.29 is 5.11 Å². The molecule has 4 aliphatic heterocycles. The molecule has 1 aromatic heterocycles. The molecule has 2 bridgehead atoms. The third-order valence-electron chi connectivity index (χ3n) is 7.46. The molecule has 5 heterocycles. The quantitative estimate of drug-likeness (QED) is 0.770. The molecule has 4 nitrogen and oxygen atoms in total. The summed E-state index contributed by atoms with van der Waals surface area (Å²) in [7, 11) is 0. The monoisotopic (exact) mass is 415 g/mol. The number of piperidine rings is 3. The normalized spacial score (nSPS) is 29.6. The first-order chi connectivity index (χ1) is 15.1. The Morgan fingerprint density at radius 3 is 2.58 bits per heavy atom. The smallest absolute Gasteiger partial charge is 0.141 e. The first-order valence-corrected chi connectivity index (χ1v) is 11.9. The van der Waals surface area contributed by atoms with Gasteiger partial charge >= 0.3 is 0 Å². The molecule has 1 unspecified atom stereocenters. The number of rotatable bonds is 4. The maximum Gasteiger partial charge on any atom is 0.141 e. The van der Waals surface area contributed by atoms with Crippen LogP contribution >= 0.6 is 0 Å². The Morgan fingerprint density at radius 1 is 1.06 bits per heavy atom. The Bertz CT molecular complexity index is 971. The Balaban J connectivity index is 1.48. The van der Waals surface area contributed by atoms with Gasteiger partial charge in [-0.15, -0.1) is 0 Å². The van der Waals surface area contributed by atoms with E-state index in [1.807, 2.05) is 6.07 Å². The lowest BCUT2D eigenvalue weighted by Crippen LogP contribution is -2.58. The number of hydrogen-bond donors (Lipinski definition) is 1.